The summed E-state index contributed by atoms with van der Waals surface area (Å²) in [6.07, 6.45) is 3.05. The number of esters is 2. The molecule has 0 atom stereocenters. The molecule has 0 aliphatic heterocycles. The Morgan fingerprint density at radius 2 is 1.70 bits per heavy atom. The molecule has 0 saturated heterocycles. The number of thiophene rings is 1. The molecule has 2 aromatic rings. The van der Waals surface area contributed by atoms with E-state index in [1.54, 1.807) is 40.7 Å². The van der Waals surface area contributed by atoms with Crippen molar-refractivity contribution in [2.24, 2.45) is 0 Å². The zero-order chi connectivity index (χ0) is 22.5. The lowest BCUT2D eigenvalue weighted by Gasteiger charge is -2.19. The van der Waals surface area contributed by atoms with Crippen LogP contribution in [0.3, 0.4) is 0 Å². The Morgan fingerprint density at radius 3 is 2.27 bits per heavy atom. The highest BCUT2D eigenvalue weighted by atomic mass is 32.1. The molecule has 1 amide bonds. The molecule has 0 aliphatic rings. The zero-order valence-electron chi connectivity index (χ0n) is 18.1. The summed E-state index contributed by atoms with van der Waals surface area (Å²) in [6.45, 7) is 10.8. The van der Waals surface area contributed by atoms with Gasteiger partial charge in [0.1, 0.15) is 15.5 Å². The molecule has 0 radical (unpaired) electrons. The Kier molecular flexibility index (Phi) is 7.56. The molecule has 0 saturated carbocycles. The Balaban J connectivity index is 2.31. The number of hydrogen-bond acceptors (Lipinski definition) is 6. The maximum Gasteiger partial charge on any atom is 0.349 e. The summed E-state index contributed by atoms with van der Waals surface area (Å²) in [7, 11) is 0. The molecular weight excluding hydrogens is 402 g/mol. The molecule has 30 heavy (non-hydrogen) atoms. The molecule has 1 aromatic carbocycles. The Bertz CT molecular complexity index is 965. The third-order valence-electron chi connectivity index (χ3n) is 3.95. The number of anilines is 1. The van der Waals surface area contributed by atoms with Gasteiger partial charge in [0.2, 0.25) is 5.91 Å². The highest BCUT2D eigenvalue weighted by Gasteiger charge is 2.29. The first-order chi connectivity index (χ1) is 14.0. The number of carbonyl (C=O) groups excluding carboxylic acids is 3. The third kappa shape index (κ3) is 6.29. The average Bonchev–Trinajstić information content (AvgIpc) is 2.96. The highest BCUT2D eigenvalue weighted by Crippen LogP contribution is 2.35. The minimum atomic E-state index is -0.683. The molecular formula is C23H27NO5S. The van der Waals surface area contributed by atoms with Gasteiger partial charge in [-0.1, -0.05) is 29.8 Å². The van der Waals surface area contributed by atoms with Gasteiger partial charge in [-0.05, 0) is 58.7 Å². The van der Waals surface area contributed by atoms with Gasteiger partial charge in [0, 0.05) is 6.08 Å². The molecule has 0 unspecified atom stereocenters. The second-order valence-corrected chi connectivity index (χ2v) is 8.74. The van der Waals surface area contributed by atoms with Crippen LogP contribution in [0, 0.1) is 13.8 Å². The molecule has 0 bridgehead atoms. The number of nitrogens with one attached hydrogen (secondary N) is 1. The van der Waals surface area contributed by atoms with Crippen molar-refractivity contribution in [2.75, 3.05) is 11.9 Å². The number of hydrogen-bond donors (Lipinski definition) is 1. The maximum atomic E-state index is 12.6. The van der Waals surface area contributed by atoms with Crippen molar-refractivity contribution in [2.45, 2.75) is 47.1 Å². The first kappa shape index (κ1) is 23.3. The van der Waals surface area contributed by atoms with E-state index >= 15 is 0 Å². The third-order valence-corrected chi connectivity index (χ3v) is 5.14. The van der Waals surface area contributed by atoms with E-state index in [0.717, 1.165) is 22.5 Å². The first-order valence-corrected chi connectivity index (χ1v) is 10.4. The van der Waals surface area contributed by atoms with E-state index in [0.29, 0.717) is 5.56 Å². The molecule has 1 N–H and O–H groups in total. The highest BCUT2D eigenvalue weighted by molar-refractivity contribution is 7.18. The van der Waals surface area contributed by atoms with Crippen LogP contribution >= 0.6 is 11.3 Å². The Hall–Kier alpha value is -2.93. The fourth-order valence-electron chi connectivity index (χ4n) is 2.57. The van der Waals surface area contributed by atoms with Crippen LogP contribution in [0.4, 0.5) is 5.00 Å². The van der Waals surface area contributed by atoms with E-state index in [1.807, 2.05) is 31.2 Å². The van der Waals surface area contributed by atoms with E-state index in [2.05, 4.69) is 5.32 Å². The normalized spacial score (nSPS) is 11.4. The monoisotopic (exact) mass is 429 g/mol. The maximum absolute atomic E-state index is 12.6. The summed E-state index contributed by atoms with van der Waals surface area (Å²) in [6, 6.07) is 7.70. The van der Waals surface area contributed by atoms with E-state index in [4.69, 9.17) is 9.47 Å². The summed E-state index contributed by atoms with van der Waals surface area (Å²) in [5.74, 6) is -1.57. The van der Waals surface area contributed by atoms with Gasteiger partial charge in [0.15, 0.2) is 0 Å². The van der Waals surface area contributed by atoms with Crippen molar-refractivity contribution >= 4 is 40.3 Å². The number of amides is 1. The van der Waals surface area contributed by atoms with Gasteiger partial charge in [-0.3, -0.25) is 4.79 Å². The van der Waals surface area contributed by atoms with Crippen molar-refractivity contribution in [1.82, 2.24) is 0 Å². The smallest absolute Gasteiger partial charge is 0.349 e. The fraction of sp³-hybridized carbons (Fsp3) is 0.348. The number of carbonyl (C=O) groups is 3. The largest absolute Gasteiger partial charge is 0.462 e. The van der Waals surface area contributed by atoms with Crippen LogP contribution < -0.4 is 5.32 Å². The van der Waals surface area contributed by atoms with Gasteiger partial charge in [0.05, 0.1) is 12.2 Å². The van der Waals surface area contributed by atoms with E-state index in [9.17, 15) is 14.4 Å². The minimum Gasteiger partial charge on any atom is -0.462 e. The van der Waals surface area contributed by atoms with E-state index in [1.165, 1.54) is 6.08 Å². The van der Waals surface area contributed by atoms with E-state index < -0.39 is 23.4 Å². The van der Waals surface area contributed by atoms with E-state index in [-0.39, 0.29) is 22.0 Å². The fourth-order valence-corrected chi connectivity index (χ4v) is 3.65. The molecule has 0 spiro atoms. The number of aryl methyl sites for hydroxylation is 1. The predicted octanol–water partition coefficient (Wildman–Crippen LogP) is 5.15. The molecule has 7 heteroatoms. The van der Waals surface area contributed by atoms with Crippen LogP contribution in [0.5, 0.6) is 0 Å². The molecule has 1 aromatic heterocycles. The molecule has 0 fully saturated rings. The summed E-state index contributed by atoms with van der Waals surface area (Å²) >= 11 is 1.000. The minimum absolute atomic E-state index is 0.166. The second kappa shape index (κ2) is 9.71. The molecule has 160 valence electrons. The van der Waals surface area contributed by atoms with Crippen LogP contribution in [0.1, 0.15) is 64.4 Å². The van der Waals surface area contributed by atoms with Crippen molar-refractivity contribution in [3.05, 3.63) is 57.5 Å². The topological polar surface area (TPSA) is 81.7 Å². The van der Waals surface area contributed by atoms with Crippen LogP contribution in [0.2, 0.25) is 0 Å². The lowest BCUT2D eigenvalue weighted by atomic mass is 10.1. The van der Waals surface area contributed by atoms with Crippen LogP contribution in [0.15, 0.2) is 30.3 Å². The van der Waals surface area contributed by atoms with Crippen LogP contribution in [-0.4, -0.2) is 30.1 Å². The molecule has 2 rings (SSSR count). The first-order valence-electron chi connectivity index (χ1n) is 9.61. The van der Waals surface area contributed by atoms with Crippen LogP contribution in [0.25, 0.3) is 6.08 Å². The van der Waals surface area contributed by atoms with Gasteiger partial charge in [0.25, 0.3) is 0 Å². The standard InChI is InChI=1S/C23H27NO5S/c1-7-28-21(26)18-15(3)19(22(27)29-23(4,5)6)30-20(18)24-17(25)13-12-16-10-8-14(2)9-11-16/h8-13H,7H2,1-6H3,(H,24,25)/b13-12+. The lowest BCUT2D eigenvalue weighted by molar-refractivity contribution is -0.111. The summed E-state index contributed by atoms with van der Waals surface area (Å²) in [5.41, 5.74) is 1.90. The average molecular weight is 430 g/mol. The zero-order valence-corrected chi connectivity index (χ0v) is 18.9. The summed E-state index contributed by atoms with van der Waals surface area (Å²) in [5, 5.41) is 2.95. The number of benzene rings is 1. The van der Waals surface area contributed by atoms with Gasteiger partial charge in [-0.25, -0.2) is 9.59 Å². The van der Waals surface area contributed by atoms with Gasteiger partial charge in [-0.2, -0.15) is 0 Å². The SMILES string of the molecule is CCOC(=O)c1c(NC(=O)/C=C/c2ccc(C)cc2)sc(C(=O)OC(C)(C)C)c1C. The second-order valence-electron chi connectivity index (χ2n) is 7.72. The summed E-state index contributed by atoms with van der Waals surface area (Å²) < 4.78 is 10.5. The van der Waals surface area contributed by atoms with Gasteiger partial charge < -0.3 is 14.8 Å². The molecule has 6 nitrogen and oxygen atoms in total. The Morgan fingerprint density at radius 1 is 1.07 bits per heavy atom. The molecule has 0 aliphatic carbocycles. The van der Waals surface area contributed by atoms with Crippen molar-refractivity contribution < 1.29 is 23.9 Å². The lowest BCUT2D eigenvalue weighted by Crippen LogP contribution is -2.23. The summed E-state index contributed by atoms with van der Waals surface area (Å²) in [4.78, 5) is 37.7. The van der Waals surface area contributed by atoms with Crippen molar-refractivity contribution in [1.29, 1.82) is 0 Å². The number of rotatable bonds is 6. The predicted molar refractivity (Wildman–Crippen MR) is 119 cm³/mol. The molecule has 1 heterocycles. The van der Waals surface area contributed by atoms with Crippen molar-refractivity contribution in [3.8, 4) is 0 Å². The van der Waals surface area contributed by atoms with Crippen molar-refractivity contribution in [3.63, 3.8) is 0 Å². The quantitative estimate of drug-likeness (QED) is 0.507. The van der Waals surface area contributed by atoms with Gasteiger partial charge >= 0.3 is 11.9 Å². The number of ether oxygens (including phenoxy) is 2. The van der Waals surface area contributed by atoms with Gasteiger partial charge in [-0.15, -0.1) is 11.3 Å². The van der Waals surface area contributed by atoms with Crippen LogP contribution in [-0.2, 0) is 14.3 Å². The Labute approximate surface area is 180 Å².